The Kier molecular flexibility index (Phi) is 4.12. The first-order chi connectivity index (χ1) is 7.50. The van der Waals surface area contributed by atoms with Gasteiger partial charge >= 0.3 is 11.9 Å². The maximum Gasteiger partial charge on any atom is 0.353 e. The topological polar surface area (TPSA) is 94.9 Å². The van der Waals surface area contributed by atoms with Gasteiger partial charge in [0, 0.05) is 6.42 Å². The standard InChI is InChI=1S/C9H9NO5S/c11-6-2-1-3-16-10(5-6)7(9(14)15)4-8(12)13/h1,3-4H,2,5H2,(H,12,13)(H,14,15). The van der Waals surface area contributed by atoms with E-state index in [0.29, 0.717) is 6.08 Å². The van der Waals surface area contributed by atoms with Crippen molar-refractivity contribution < 1.29 is 24.6 Å². The molecule has 0 atom stereocenters. The molecule has 0 aromatic rings. The fraction of sp³-hybridized carbons (Fsp3) is 0.222. The predicted molar refractivity (Wildman–Crippen MR) is 56.4 cm³/mol. The number of hydrogen-bond donors (Lipinski definition) is 2. The van der Waals surface area contributed by atoms with E-state index in [1.165, 1.54) is 0 Å². The van der Waals surface area contributed by atoms with Crippen molar-refractivity contribution in [3.05, 3.63) is 23.3 Å². The van der Waals surface area contributed by atoms with E-state index in [1.54, 1.807) is 11.5 Å². The van der Waals surface area contributed by atoms with Crippen LogP contribution in [0.25, 0.3) is 0 Å². The molecule has 0 spiro atoms. The van der Waals surface area contributed by atoms with E-state index in [2.05, 4.69) is 0 Å². The maximum absolute atomic E-state index is 11.2. The Morgan fingerprint density at radius 2 is 2.12 bits per heavy atom. The number of aliphatic carboxylic acids is 2. The van der Waals surface area contributed by atoms with Crippen LogP contribution in [0.15, 0.2) is 23.3 Å². The Hall–Kier alpha value is -1.76. The van der Waals surface area contributed by atoms with E-state index in [0.717, 1.165) is 16.3 Å². The first-order valence-electron chi connectivity index (χ1n) is 4.29. The summed E-state index contributed by atoms with van der Waals surface area (Å²) >= 11 is 0.986. The zero-order chi connectivity index (χ0) is 12.1. The van der Waals surface area contributed by atoms with Crippen molar-refractivity contribution in [3.63, 3.8) is 0 Å². The molecule has 1 rings (SSSR count). The predicted octanol–water partition coefficient (Wildman–Crippen LogP) is 0.476. The van der Waals surface area contributed by atoms with Gasteiger partial charge in [0.05, 0.1) is 12.6 Å². The smallest absolute Gasteiger partial charge is 0.353 e. The van der Waals surface area contributed by atoms with Crippen LogP contribution in [0, 0.1) is 0 Å². The summed E-state index contributed by atoms with van der Waals surface area (Å²) in [6, 6.07) is 0. The molecule has 1 aliphatic heterocycles. The van der Waals surface area contributed by atoms with Crippen LogP contribution < -0.4 is 0 Å². The van der Waals surface area contributed by atoms with Crippen molar-refractivity contribution >= 4 is 29.7 Å². The lowest BCUT2D eigenvalue weighted by Crippen LogP contribution is -2.26. The molecule has 0 bridgehead atoms. The Labute approximate surface area is 95.4 Å². The molecule has 0 aromatic carbocycles. The van der Waals surface area contributed by atoms with Gasteiger partial charge in [-0.3, -0.25) is 9.10 Å². The number of Topliss-reactive ketones (excluding diaryl/α,β-unsaturated/α-hetero) is 1. The van der Waals surface area contributed by atoms with Gasteiger partial charge in [0.1, 0.15) is 5.70 Å². The average molecular weight is 243 g/mol. The summed E-state index contributed by atoms with van der Waals surface area (Å²) < 4.78 is 1.14. The van der Waals surface area contributed by atoms with Crippen molar-refractivity contribution in [2.24, 2.45) is 0 Å². The van der Waals surface area contributed by atoms with E-state index in [9.17, 15) is 14.4 Å². The second kappa shape index (κ2) is 5.36. The van der Waals surface area contributed by atoms with Crippen molar-refractivity contribution in [3.8, 4) is 0 Å². The zero-order valence-corrected chi connectivity index (χ0v) is 8.94. The van der Waals surface area contributed by atoms with Crippen molar-refractivity contribution in [1.29, 1.82) is 0 Å². The van der Waals surface area contributed by atoms with Gasteiger partial charge in [-0.1, -0.05) is 6.08 Å². The number of rotatable bonds is 3. The number of nitrogens with zero attached hydrogens (tertiary/aromatic N) is 1. The summed E-state index contributed by atoms with van der Waals surface area (Å²) in [6.07, 6.45) is 2.40. The molecule has 0 amide bonds. The van der Waals surface area contributed by atoms with E-state index in [4.69, 9.17) is 10.2 Å². The van der Waals surface area contributed by atoms with Crippen molar-refractivity contribution in [2.75, 3.05) is 6.54 Å². The quantitative estimate of drug-likeness (QED) is 0.549. The molecule has 0 radical (unpaired) electrons. The first-order valence-corrected chi connectivity index (χ1v) is 5.13. The minimum absolute atomic E-state index is 0.122. The molecule has 0 aliphatic carbocycles. The van der Waals surface area contributed by atoms with Crippen molar-refractivity contribution in [1.82, 2.24) is 4.31 Å². The number of allylic oxidation sites excluding steroid dienone is 1. The molecule has 1 aliphatic rings. The summed E-state index contributed by atoms with van der Waals surface area (Å²) in [6.45, 7) is -0.122. The minimum atomic E-state index is -1.38. The second-order valence-electron chi connectivity index (χ2n) is 2.93. The number of carboxylic acid groups (broad SMARTS) is 2. The Morgan fingerprint density at radius 1 is 1.44 bits per heavy atom. The SMILES string of the molecule is O=C(O)C=C(C(=O)O)N1CC(=O)CC=CS1. The third kappa shape index (κ3) is 3.43. The van der Waals surface area contributed by atoms with E-state index >= 15 is 0 Å². The van der Waals surface area contributed by atoms with Crippen LogP contribution in [-0.4, -0.2) is 38.8 Å². The molecular weight excluding hydrogens is 234 g/mol. The van der Waals surface area contributed by atoms with Crippen molar-refractivity contribution in [2.45, 2.75) is 6.42 Å². The molecule has 2 N–H and O–H groups in total. The Bertz CT molecular complexity index is 387. The molecule has 7 heteroatoms. The summed E-state index contributed by atoms with van der Waals surface area (Å²) in [7, 11) is 0. The van der Waals surface area contributed by atoms with E-state index < -0.39 is 17.6 Å². The van der Waals surface area contributed by atoms with Gasteiger partial charge in [-0.25, -0.2) is 9.59 Å². The molecule has 0 saturated heterocycles. The third-order valence-electron chi connectivity index (χ3n) is 1.70. The highest BCUT2D eigenvalue weighted by molar-refractivity contribution is 8.00. The summed E-state index contributed by atoms with van der Waals surface area (Å²) in [5.41, 5.74) is -0.419. The fourth-order valence-electron chi connectivity index (χ4n) is 1.06. The maximum atomic E-state index is 11.2. The van der Waals surface area contributed by atoms with Crippen LogP contribution in [-0.2, 0) is 14.4 Å². The molecule has 0 aromatic heterocycles. The molecule has 16 heavy (non-hydrogen) atoms. The first kappa shape index (κ1) is 12.3. The van der Waals surface area contributed by atoms with Crippen LogP contribution in [0.3, 0.4) is 0 Å². The number of carbonyl (C=O) groups is 3. The van der Waals surface area contributed by atoms with Crippen LogP contribution in [0.1, 0.15) is 6.42 Å². The number of ketones is 1. The third-order valence-corrected chi connectivity index (χ3v) is 2.59. The summed E-state index contributed by atoms with van der Waals surface area (Å²) in [4.78, 5) is 32.5. The highest BCUT2D eigenvalue weighted by atomic mass is 32.2. The lowest BCUT2D eigenvalue weighted by atomic mass is 10.2. The van der Waals surface area contributed by atoms with Crippen LogP contribution in [0.5, 0.6) is 0 Å². The second-order valence-corrected chi connectivity index (χ2v) is 3.85. The van der Waals surface area contributed by atoms with Gasteiger partial charge in [0.15, 0.2) is 5.78 Å². The minimum Gasteiger partial charge on any atom is -0.478 e. The van der Waals surface area contributed by atoms with Crippen LogP contribution >= 0.6 is 11.9 Å². The Morgan fingerprint density at radius 3 is 2.69 bits per heavy atom. The number of carbonyl (C=O) groups excluding carboxylic acids is 1. The monoisotopic (exact) mass is 243 g/mol. The lowest BCUT2D eigenvalue weighted by Gasteiger charge is -2.18. The average Bonchev–Trinajstić information content (AvgIpc) is 2.38. The number of hydrogen-bond acceptors (Lipinski definition) is 5. The molecule has 6 nitrogen and oxygen atoms in total. The highest BCUT2D eigenvalue weighted by Crippen LogP contribution is 2.21. The largest absolute Gasteiger partial charge is 0.478 e. The van der Waals surface area contributed by atoms with Gasteiger partial charge in [0.2, 0.25) is 0 Å². The molecule has 0 fully saturated rings. The molecule has 86 valence electrons. The fourth-order valence-corrected chi connectivity index (χ4v) is 1.85. The normalized spacial score (nSPS) is 17.1. The zero-order valence-electron chi connectivity index (χ0n) is 8.12. The molecule has 1 heterocycles. The summed E-state index contributed by atoms with van der Waals surface area (Å²) in [5.74, 6) is -2.91. The molecular formula is C9H9NO5S. The van der Waals surface area contributed by atoms with Crippen LogP contribution in [0.4, 0.5) is 0 Å². The molecule has 0 saturated carbocycles. The molecule has 0 unspecified atom stereocenters. The van der Waals surface area contributed by atoms with Gasteiger partial charge in [0.25, 0.3) is 0 Å². The van der Waals surface area contributed by atoms with Gasteiger partial charge < -0.3 is 10.2 Å². The highest BCUT2D eigenvalue weighted by Gasteiger charge is 2.21. The van der Waals surface area contributed by atoms with Gasteiger partial charge in [-0.15, -0.1) is 0 Å². The Balaban J connectivity index is 2.94. The lowest BCUT2D eigenvalue weighted by molar-refractivity contribution is -0.136. The van der Waals surface area contributed by atoms with E-state index in [1.807, 2.05) is 0 Å². The summed E-state index contributed by atoms with van der Waals surface area (Å²) in [5, 5.41) is 18.9. The number of carboxylic acids is 2. The van der Waals surface area contributed by atoms with Crippen LogP contribution in [0.2, 0.25) is 0 Å². The van der Waals surface area contributed by atoms with Gasteiger partial charge in [-0.05, 0) is 17.4 Å². The van der Waals surface area contributed by atoms with Gasteiger partial charge in [-0.2, -0.15) is 0 Å². The van der Waals surface area contributed by atoms with E-state index in [-0.39, 0.29) is 18.7 Å².